The van der Waals surface area contributed by atoms with Crippen LogP contribution in [0.1, 0.15) is 22.1 Å². The first-order valence-corrected chi connectivity index (χ1v) is 9.09. The molecule has 0 aliphatic rings. The summed E-state index contributed by atoms with van der Waals surface area (Å²) >= 11 is 3.45. The van der Waals surface area contributed by atoms with Gasteiger partial charge in [0.15, 0.2) is 11.5 Å². The number of aromatic amines is 1. The van der Waals surface area contributed by atoms with E-state index in [2.05, 4.69) is 32.3 Å². The van der Waals surface area contributed by atoms with Crippen LogP contribution in [0.25, 0.3) is 10.9 Å². The molecule has 7 nitrogen and oxygen atoms in total. The number of amides is 1. The number of methoxy groups -OCH3 is 3. The summed E-state index contributed by atoms with van der Waals surface area (Å²) in [6.07, 6.45) is 0. The van der Waals surface area contributed by atoms with Crippen LogP contribution < -0.4 is 19.5 Å². The molecule has 2 N–H and O–H groups in total. The molecule has 0 aliphatic carbocycles. The Morgan fingerprint density at radius 3 is 2.32 bits per heavy atom. The number of carbonyl (C=O) groups is 1. The molecule has 1 atom stereocenters. The second-order valence-corrected chi connectivity index (χ2v) is 6.65. The number of nitriles is 1. The van der Waals surface area contributed by atoms with Gasteiger partial charge in [-0.25, -0.2) is 0 Å². The van der Waals surface area contributed by atoms with E-state index in [9.17, 15) is 10.1 Å². The van der Waals surface area contributed by atoms with E-state index in [4.69, 9.17) is 14.2 Å². The molecule has 1 aromatic heterocycles. The number of aromatic nitrogens is 1. The highest BCUT2D eigenvalue weighted by atomic mass is 79.9. The van der Waals surface area contributed by atoms with Gasteiger partial charge in [0.2, 0.25) is 5.75 Å². The first kappa shape index (κ1) is 19.6. The highest BCUT2D eigenvalue weighted by Crippen LogP contribution is 2.39. The van der Waals surface area contributed by atoms with Crippen molar-refractivity contribution in [2.45, 2.75) is 6.04 Å². The summed E-state index contributed by atoms with van der Waals surface area (Å²) in [5.41, 5.74) is 1.67. The molecule has 28 heavy (non-hydrogen) atoms. The molecule has 144 valence electrons. The minimum Gasteiger partial charge on any atom is -0.493 e. The van der Waals surface area contributed by atoms with Gasteiger partial charge in [-0.15, -0.1) is 0 Å². The highest BCUT2D eigenvalue weighted by molar-refractivity contribution is 9.10. The third kappa shape index (κ3) is 3.49. The van der Waals surface area contributed by atoms with E-state index < -0.39 is 11.9 Å². The molecule has 0 spiro atoms. The van der Waals surface area contributed by atoms with Gasteiger partial charge in [-0.3, -0.25) is 4.79 Å². The molecule has 0 saturated heterocycles. The molecule has 0 bridgehead atoms. The van der Waals surface area contributed by atoms with E-state index in [0.29, 0.717) is 33.0 Å². The van der Waals surface area contributed by atoms with Crippen molar-refractivity contribution in [3.63, 3.8) is 0 Å². The summed E-state index contributed by atoms with van der Waals surface area (Å²) < 4.78 is 16.6. The Morgan fingerprint density at radius 1 is 1.14 bits per heavy atom. The molecule has 3 rings (SSSR count). The zero-order valence-corrected chi connectivity index (χ0v) is 17.1. The molecule has 0 radical (unpaired) electrons. The number of H-pyrrole nitrogens is 1. The van der Waals surface area contributed by atoms with Crippen LogP contribution in [0.4, 0.5) is 0 Å². The number of nitrogens with zero attached hydrogens (tertiary/aromatic N) is 1. The minimum atomic E-state index is -0.917. The maximum atomic E-state index is 12.8. The molecule has 1 unspecified atom stereocenters. The highest BCUT2D eigenvalue weighted by Gasteiger charge is 2.23. The van der Waals surface area contributed by atoms with Crippen LogP contribution in [0.15, 0.2) is 40.9 Å². The van der Waals surface area contributed by atoms with Crippen LogP contribution in [-0.2, 0) is 0 Å². The summed E-state index contributed by atoms with van der Waals surface area (Å²) in [6.45, 7) is 0. The third-order valence-corrected chi connectivity index (χ3v) is 5.12. The van der Waals surface area contributed by atoms with Crippen LogP contribution in [0.5, 0.6) is 17.2 Å². The first-order valence-electron chi connectivity index (χ1n) is 8.30. The Balaban J connectivity index is 1.95. The Hall–Kier alpha value is -3.18. The Bertz CT molecular complexity index is 1050. The monoisotopic (exact) mass is 443 g/mol. The second kappa shape index (κ2) is 8.23. The third-order valence-electron chi connectivity index (χ3n) is 4.29. The summed E-state index contributed by atoms with van der Waals surface area (Å²) in [5, 5.41) is 13.2. The molecule has 0 fully saturated rings. The molecule has 3 aromatic rings. The summed E-state index contributed by atoms with van der Waals surface area (Å²) in [4.78, 5) is 15.9. The molecular formula is C20H18BrN3O4. The predicted octanol–water partition coefficient (Wildman–Crippen LogP) is 3.95. The maximum Gasteiger partial charge on any atom is 0.270 e. The Labute approximate surface area is 170 Å². The number of halogens is 1. The fraction of sp³-hybridized carbons (Fsp3) is 0.200. The zero-order chi connectivity index (χ0) is 20.3. The molecule has 1 amide bonds. The molecular weight excluding hydrogens is 426 g/mol. The van der Waals surface area contributed by atoms with Gasteiger partial charge in [0.25, 0.3) is 5.91 Å². The smallest absolute Gasteiger partial charge is 0.270 e. The molecule has 8 heteroatoms. The Morgan fingerprint density at radius 2 is 1.79 bits per heavy atom. The van der Waals surface area contributed by atoms with Gasteiger partial charge in [-0.1, -0.05) is 18.2 Å². The van der Waals surface area contributed by atoms with Crippen molar-refractivity contribution in [3.05, 3.63) is 52.1 Å². The fourth-order valence-corrected chi connectivity index (χ4v) is 3.55. The van der Waals surface area contributed by atoms with E-state index in [1.807, 2.05) is 24.3 Å². The molecule has 2 aromatic carbocycles. The first-order chi connectivity index (χ1) is 13.5. The van der Waals surface area contributed by atoms with Gasteiger partial charge >= 0.3 is 0 Å². The van der Waals surface area contributed by atoms with Gasteiger partial charge in [0.1, 0.15) is 11.7 Å². The average molecular weight is 444 g/mol. The van der Waals surface area contributed by atoms with Crippen molar-refractivity contribution in [2.75, 3.05) is 21.3 Å². The molecule has 1 heterocycles. The van der Waals surface area contributed by atoms with E-state index in [0.717, 1.165) is 10.9 Å². The van der Waals surface area contributed by atoms with Gasteiger partial charge in [0, 0.05) is 10.9 Å². The van der Waals surface area contributed by atoms with Crippen LogP contribution >= 0.6 is 15.9 Å². The quantitative estimate of drug-likeness (QED) is 0.600. The summed E-state index contributed by atoms with van der Waals surface area (Å²) in [7, 11) is 4.47. The number of para-hydroxylation sites is 1. The SMILES string of the molecule is COc1cc(C(C#N)NC(=O)c2[nH]c3ccccc3c2Br)cc(OC)c1OC. The number of hydrogen-bond acceptors (Lipinski definition) is 5. The number of ether oxygens (including phenoxy) is 3. The fourth-order valence-electron chi connectivity index (χ4n) is 2.93. The molecule has 0 aliphatic heterocycles. The predicted molar refractivity (Wildman–Crippen MR) is 108 cm³/mol. The van der Waals surface area contributed by atoms with Crippen molar-refractivity contribution < 1.29 is 19.0 Å². The van der Waals surface area contributed by atoms with Crippen LogP contribution in [0.2, 0.25) is 0 Å². The van der Waals surface area contributed by atoms with Crippen LogP contribution in [-0.4, -0.2) is 32.2 Å². The van der Waals surface area contributed by atoms with Gasteiger partial charge in [0.05, 0.1) is 31.9 Å². The number of fused-ring (bicyclic) bond motifs is 1. The van der Waals surface area contributed by atoms with E-state index in [1.165, 1.54) is 21.3 Å². The standard InChI is InChI=1S/C20H18BrN3O4/c1-26-15-8-11(9-16(27-2)19(15)28-3)14(10-22)24-20(25)18-17(21)12-6-4-5-7-13(12)23-18/h4-9,14,23H,1-3H3,(H,24,25). The minimum absolute atomic E-state index is 0.342. The number of carbonyl (C=O) groups excluding carboxylic acids is 1. The largest absolute Gasteiger partial charge is 0.493 e. The van der Waals surface area contributed by atoms with E-state index >= 15 is 0 Å². The lowest BCUT2D eigenvalue weighted by Crippen LogP contribution is -2.28. The average Bonchev–Trinajstić information content (AvgIpc) is 3.07. The lowest BCUT2D eigenvalue weighted by atomic mass is 10.1. The van der Waals surface area contributed by atoms with Crippen LogP contribution in [0, 0.1) is 11.3 Å². The number of benzene rings is 2. The summed E-state index contributed by atoms with van der Waals surface area (Å²) in [6, 6.07) is 12.0. The summed E-state index contributed by atoms with van der Waals surface area (Å²) in [5.74, 6) is 0.801. The number of nitrogens with one attached hydrogen (secondary N) is 2. The normalized spacial score (nSPS) is 11.5. The van der Waals surface area contributed by atoms with Crippen LogP contribution in [0.3, 0.4) is 0 Å². The number of hydrogen-bond donors (Lipinski definition) is 2. The van der Waals surface area contributed by atoms with Gasteiger partial charge in [-0.05, 0) is 39.7 Å². The maximum absolute atomic E-state index is 12.8. The zero-order valence-electron chi connectivity index (χ0n) is 15.5. The van der Waals surface area contributed by atoms with Gasteiger partial charge < -0.3 is 24.5 Å². The van der Waals surface area contributed by atoms with Crippen molar-refractivity contribution in [1.82, 2.24) is 10.3 Å². The lowest BCUT2D eigenvalue weighted by molar-refractivity contribution is 0.0940. The second-order valence-electron chi connectivity index (χ2n) is 5.85. The number of rotatable bonds is 6. The lowest BCUT2D eigenvalue weighted by Gasteiger charge is -2.17. The Kier molecular flexibility index (Phi) is 5.76. The van der Waals surface area contributed by atoms with Gasteiger partial charge in [-0.2, -0.15) is 5.26 Å². The van der Waals surface area contributed by atoms with Crippen molar-refractivity contribution in [2.24, 2.45) is 0 Å². The molecule has 0 saturated carbocycles. The van der Waals surface area contributed by atoms with E-state index in [1.54, 1.807) is 12.1 Å². The van der Waals surface area contributed by atoms with E-state index in [-0.39, 0.29) is 0 Å². The van der Waals surface area contributed by atoms with Crippen molar-refractivity contribution in [1.29, 1.82) is 5.26 Å². The van der Waals surface area contributed by atoms with Crippen molar-refractivity contribution in [3.8, 4) is 23.3 Å². The van der Waals surface area contributed by atoms with Crippen molar-refractivity contribution >= 4 is 32.7 Å². The topological polar surface area (TPSA) is 96.4 Å².